The molecule has 0 saturated heterocycles. The molecule has 0 unspecified atom stereocenters. The van der Waals surface area contributed by atoms with Gasteiger partial charge in [0.25, 0.3) is 0 Å². The van der Waals surface area contributed by atoms with E-state index < -0.39 is 0 Å². The first-order valence-corrected chi connectivity index (χ1v) is 10.5. The van der Waals surface area contributed by atoms with E-state index in [1.165, 1.54) is 11.3 Å². The number of carbonyl (C=O) groups is 1. The molecule has 3 heterocycles. The van der Waals surface area contributed by atoms with E-state index in [4.69, 9.17) is 9.47 Å². The number of benzene rings is 3. The van der Waals surface area contributed by atoms with Gasteiger partial charge in [0.2, 0.25) is 5.91 Å². The van der Waals surface area contributed by atoms with E-state index in [-0.39, 0.29) is 11.8 Å². The topological polar surface area (TPSA) is 54.6 Å². The van der Waals surface area contributed by atoms with Gasteiger partial charge in [-0.1, -0.05) is 36.4 Å². The van der Waals surface area contributed by atoms with Crippen LogP contribution in [0.4, 0.5) is 0 Å². The van der Waals surface area contributed by atoms with Crippen LogP contribution in [0.15, 0.2) is 66.7 Å². The second-order valence-electron chi connectivity index (χ2n) is 8.11. The Morgan fingerprint density at radius 3 is 2.45 bits per heavy atom. The third-order valence-electron chi connectivity index (χ3n) is 6.42. The maximum atomic E-state index is 13.9. The summed E-state index contributed by atoms with van der Waals surface area (Å²) in [5.74, 6) is 2.10. The van der Waals surface area contributed by atoms with Crippen LogP contribution in [0.2, 0.25) is 0 Å². The third kappa shape index (κ3) is 2.81. The summed E-state index contributed by atoms with van der Waals surface area (Å²) < 4.78 is 11.5. The minimum atomic E-state index is -0.359. The van der Waals surface area contributed by atoms with E-state index in [0.29, 0.717) is 13.1 Å². The van der Waals surface area contributed by atoms with E-state index in [1.54, 1.807) is 7.11 Å². The summed E-state index contributed by atoms with van der Waals surface area (Å²) in [6.07, 6.45) is 0.810. The van der Waals surface area contributed by atoms with Crippen LogP contribution < -0.4 is 9.47 Å². The van der Waals surface area contributed by atoms with Crippen molar-refractivity contribution in [3.05, 3.63) is 89.1 Å². The van der Waals surface area contributed by atoms with E-state index in [9.17, 15) is 4.79 Å². The minimum absolute atomic E-state index is 0.117. The SMILES string of the molecule is COc1ccc2[nH]c3c(c2c1)CN(C(=O)C1c2ccccc2Oc2ccccc21)CC3. The van der Waals surface area contributed by atoms with Gasteiger partial charge in [0.15, 0.2) is 0 Å². The summed E-state index contributed by atoms with van der Waals surface area (Å²) in [6.45, 7) is 1.28. The molecule has 154 valence electrons. The highest BCUT2D eigenvalue weighted by Gasteiger charge is 2.36. The Labute approximate surface area is 180 Å². The van der Waals surface area contributed by atoms with Crippen molar-refractivity contribution in [2.45, 2.75) is 18.9 Å². The van der Waals surface area contributed by atoms with Crippen molar-refractivity contribution in [2.75, 3.05) is 13.7 Å². The van der Waals surface area contributed by atoms with Gasteiger partial charge < -0.3 is 19.4 Å². The molecule has 3 aromatic carbocycles. The lowest BCUT2D eigenvalue weighted by atomic mass is 9.86. The standard InChI is InChI=1S/C26H22N2O3/c1-30-16-10-11-21-19(14-16)20-15-28(13-12-22(20)27-21)26(29)25-17-6-2-4-8-23(17)31-24-9-5-3-7-18(24)25/h2-11,14,25,27H,12-13,15H2,1H3. The predicted molar refractivity (Wildman–Crippen MR) is 119 cm³/mol. The number of H-pyrrole nitrogens is 1. The molecule has 2 aliphatic rings. The van der Waals surface area contributed by atoms with Crippen molar-refractivity contribution in [1.82, 2.24) is 9.88 Å². The molecule has 0 aliphatic carbocycles. The van der Waals surface area contributed by atoms with E-state index in [2.05, 4.69) is 11.1 Å². The largest absolute Gasteiger partial charge is 0.497 e. The Morgan fingerprint density at radius 2 is 1.74 bits per heavy atom. The normalized spacial score (nSPS) is 15.1. The van der Waals surface area contributed by atoms with E-state index in [0.717, 1.165) is 45.7 Å². The Morgan fingerprint density at radius 1 is 1.03 bits per heavy atom. The Balaban J connectivity index is 1.40. The molecule has 6 rings (SSSR count). The average Bonchev–Trinajstić information content (AvgIpc) is 3.19. The molecule has 1 aromatic heterocycles. The smallest absolute Gasteiger partial charge is 0.235 e. The highest BCUT2D eigenvalue weighted by atomic mass is 16.5. The van der Waals surface area contributed by atoms with Crippen molar-refractivity contribution >= 4 is 16.8 Å². The van der Waals surface area contributed by atoms with Crippen molar-refractivity contribution in [3.8, 4) is 17.2 Å². The van der Waals surface area contributed by atoms with Crippen LogP contribution in [0.1, 0.15) is 28.3 Å². The number of nitrogens with one attached hydrogen (secondary N) is 1. The Kier molecular flexibility index (Phi) is 4.03. The monoisotopic (exact) mass is 410 g/mol. The molecule has 0 fully saturated rings. The van der Waals surface area contributed by atoms with Gasteiger partial charge in [-0.3, -0.25) is 4.79 Å². The van der Waals surface area contributed by atoms with E-state index in [1.807, 2.05) is 65.6 Å². The molecule has 0 saturated carbocycles. The lowest BCUT2D eigenvalue weighted by Crippen LogP contribution is -2.39. The highest BCUT2D eigenvalue weighted by Crippen LogP contribution is 2.45. The molecule has 31 heavy (non-hydrogen) atoms. The molecular weight excluding hydrogens is 388 g/mol. The number of hydrogen-bond donors (Lipinski definition) is 1. The number of aromatic amines is 1. The molecule has 0 spiro atoms. The van der Waals surface area contributed by atoms with Crippen LogP contribution in [0.5, 0.6) is 17.2 Å². The number of ether oxygens (including phenoxy) is 2. The van der Waals surface area contributed by atoms with Crippen molar-refractivity contribution in [2.24, 2.45) is 0 Å². The summed E-state index contributed by atoms with van der Waals surface area (Å²) >= 11 is 0. The Bertz CT molecular complexity index is 1280. The van der Waals surface area contributed by atoms with Gasteiger partial charge in [-0.15, -0.1) is 0 Å². The molecule has 2 aliphatic heterocycles. The minimum Gasteiger partial charge on any atom is -0.497 e. The van der Waals surface area contributed by atoms with Crippen LogP contribution in [0.3, 0.4) is 0 Å². The predicted octanol–water partition coefficient (Wildman–Crippen LogP) is 5.00. The quantitative estimate of drug-likeness (QED) is 0.506. The number of aromatic nitrogens is 1. The summed E-state index contributed by atoms with van der Waals surface area (Å²) in [5, 5.41) is 1.12. The van der Waals surface area contributed by atoms with E-state index >= 15 is 0 Å². The number of fused-ring (bicyclic) bond motifs is 5. The lowest BCUT2D eigenvalue weighted by molar-refractivity contribution is -0.132. The maximum Gasteiger partial charge on any atom is 0.235 e. The summed E-state index contributed by atoms with van der Waals surface area (Å²) in [4.78, 5) is 19.4. The molecule has 0 radical (unpaired) electrons. The van der Waals surface area contributed by atoms with Crippen molar-refractivity contribution in [1.29, 1.82) is 0 Å². The second-order valence-corrected chi connectivity index (χ2v) is 8.11. The number of nitrogens with zero attached hydrogens (tertiary/aromatic N) is 1. The summed E-state index contributed by atoms with van der Waals surface area (Å²) in [6, 6.07) is 21.8. The first-order valence-electron chi connectivity index (χ1n) is 10.5. The molecule has 1 amide bonds. The first-order chi connectivity index (χ1) is 15.2. The van der Waals surface area contributed by atoms with Crippen LogP contribution >= 0.6 is 0 Å². The maximum absolute atomic E-state index is 13.9. The molecular formula is C26H22N2O3. The summed E-state index contributed by atoms with van der Waals surface area (Å²) in [5.41, 5.74) is 5.33. The van der Waals surface area contributed by atoms with Gasteiger partial charge in [-0.05, 0) is 30.3 Å². The number of rotatable bonds is 2. The second kappa shape index (κ2) is 6.91. The fourth-order valence-corrected chi connectivity index (χ4v) is 4.87. The molecule has 0 bridgehead atoms. The molecule has 4 aromatic rings. The van der Waals surface area contributed by atoms with Gasteiger partial charge in [0, 0.05) is 52.8 Å². The molecule has 5 nitrogen and oxygen atoms in total. The Hall–Kier alpha value is -3.73. The van der Waals surface area contributed by atoms with Gasteiger partial charge in [-0.2, -0.15) is 0 Å². The number of hydrogen-bond acceptors (Lipinski definition) is 3. The van der Waals surface area contributed by atoms with Gasteiger partial charge >= 0.3 is 0 Å². The van der Waals surface area contributed by atoms with Gasteiger partial charge in [0.1, 0.15) is 17.2 Å². The van der Waals surface area contributed by atoms with Crippen LogP contribution in [-0.4, -0.2) is 29.4 Å². The van der Waals surface area contributed by atoms with Crippen LogP contribution in [-0.2, 0) is 17.8 Å². The lowest BCUT2D eigenvalue weighted by Gasteiger charge is -2.34. The van der Waals surface area contributed by atoms with Crippen molar-refractivity contribution < 1.29 is 14.3 Å². The highest BCUT2D eigenvalue weighted by molar-refractivity contribution is 5.91. The number of methoxy groups -OCH3 is 1. The zero-order valence-electron chi connectivity index (χ0n) is 17.2. The van der Waals surface area contributed by atoms with Crippen molar-refractivity contribution in [3.63, 3.8) is 0 Å². The number of para-hydroxylation sites is 2. The van der Waals surface area contributed by atoms with Gasteiger partial charge in [0.05, 0.1) is 13.0 Å². The molecule has 5 heteroatoms. The third-order valence-corrected chi connectivity index (χ3v) is 6.42. The first kappa shape index (κ1) is 18.1. The summed E-state index contributed by atoms with van der Waals surface area (Å²) in [7, 11) is 1.68. The zero-order valence-corrected chi connectivity index (χ0v) is 17.2. The number of amides is 1. The number of carbonyl (C=O) groups excluding carboxylic acids is 1. The van der Waals surface area contributed by atoms with Crippen LogP contribution in [0.25, 0.3) is 10.9 Å². The average molecular weight is 410 g/mol. The zero-order chi connectivity index (χ0) is 20.9. The fourth-order valence-electron chi connectivity index (χ4n) is 4.87. The molecule has 1 N–H and O–H groups in total. The van der Waals surface area contributed by atoms with Gasteiger partial charge in [-0.25, -0.2) is 0 Å². The fraction of sp³-hybridized carbons (Fsp3) is 0.192. The molecule has 0 atom stereocenters. The van der Waals surface area contributed by atoms with Crippen LogP contribution in [0, 0.1) is 0 Å².